The largest absolute Gasteiger partial charge is 0.386 e. The summed E-state index contributed by atoms with van der Waals surface area (Å²) in [5.74, 6) is 0.660. The first-order chi connectivity index (χ1) is 14.0. The van der Waals surface area contributed by atoms with E-state index in [1.54, 1.807) is 37.5 Å². The monoisotopic (exact) mass is 410 g/mol. The molecule has 0 bridgehead atoms. The third-order valence-corrected chi connectivity index (χ3v) is 4.96. The summed E-state index contributed by atoms with van der Waals surface area (Å²) in [7, 11) is 0. The van der Waals surface area contributed by atoms with Crippen molar-refractivity contribution in [2.75, 3.05) is 5.32 Å². The van der Waals surface area contributed by atoms with Gasteiger partial charge in [-0.15, -0.1) is 5.10 Å². The second-order valence-corrected chi connectivity index (χ2v) is 8.04. The highest BCUT2D eigenvalue weighted by atomic mass is 19.1. The van der Waals surface area contributed by atoms with Gasteiger partial charge < -0.3 is 15.5 Å². The molecular weight excluding hydrogens is 387 g/mol. The molecule has 1 atom stereocenters. The molecule has 0 spiro atoms. The van der Waals surface area contributed by atoms with Crippen LogP contribution in [0.25, 0.3) is 5.52 Å². The number of H-pyrrole nitrogens is 1. The lowest BCUT2D eigenvalue weighted by molar-refractivity contribution is 0.0786. The molecule has 0 aliphatic carbocycles. The number of aromatic amines is 1. The van der Waals surface area contributed by atoms with Gasteiger partial charge in [-0.3, -0.25) is 5.10 Å². The zero-order chi connectivity index (χ0) is 21.7. The van der Waals surface area contributed by atoms with Crippen molar-refractivity contribution >= 4 is 17.2 Å². The Morgan fingerprint density at radius 1 is 1.07 bits per heavy atom. The van der Waals surface area contributed by atoms with E-state index < -0.39 is 17.0 Å². The Hall–Kier alpha value is -3.30. The first kappa shape index (κ1) is 20.0. The zero-order valence-electron chi connectivity index (χ0n) is 17.1. The van der Waals surface area contributed by atoms with Gasteiger partial charge in [0.15, 0.2) is 17.5 Å². The summed E-state index contributed by atoms with van der Waals surface area (Å²) >= 11 is 0. The summed E-state index contributed by atoms with van der Waals surface area (Å²) in [6.45, 7) is 6.77. The molecule has 4 aromatic rings. The van der Waals surface area contributed by atoms with E-state index in [0.29, 0.717) is 28.3 Å². The lowest BCUT2D eigenvalue weighted by atomic mass is 9.95. The normalized spacial score (nSPS) is 14.1. The van der Waals surface area contributed by atoms with Crippen molar-refractivity contribution in [2.24, 2.45) is 0 Å². The van der Waals surface area contributed by atoms with Crippen LogP contribution in [-0.2, 0) is 11.2 Å². The molecule has 1 aromatic carbocycles. The number of nitrogens with one attached hydrogen (secondary N) is 2. The van der Waals surface area contributed by atoms with Gasteiger partial charge in [0, 0.05) is 23.5 Å². The molecule has 0 aliphatic heterocycles. The number of benzene rings is 1. The van der Waals surface area contributed by atoms with Crippen LogP contribution in [0.15, 0.2) is 42.6 Å². The smallest absolute Gasteiger partial charge is 0.187 e. The molecular formula is C21H23FN6O2. The number of halogens is 1. The van der Waals surface area contributed by atoms with Crippen molar-refractivity contribution in [3.05, 3.63) is 71.1 Å². The number of hydrogen-bond donors (Lipinski definition) is 4. The van der Waals surface area contributed by atoms with Gasteiger partial charge in [-0.1, -0.05) is 12.1 Å². The topological polar surface area (TPSA) is 111 Å². The molecule has 0 radical (unpaired) electrons. The van der Waals surface area contributed by atoms with Crippen LogP contribution in [0.5, 0.6) is 0 Å². The van der Waals surface area contributed by atoms with Crippen LogP contribution in [0.4, 0.5) is 16.0 Å². The first-order valence-corrected chi connectivity index (χ1v) is 9.45. The van der Waals surface area contributed by atoms with Gasteiger partial charge in [0.25, 0.3) is 0 Å². The summed E-state index contributed by atoms with van der Waals surface area (Å²) in [6, 6.07) is 9.12. The Morgan fingerprint density at radius 2 is 1.77 bits per heavy atom. The molecule has 3 heterocycles. The quantitative estimate of drug-likeness (QED) is 0.402. The molecule has 4 N–H and O–H groups in total. The van der Waals surface area contributed by atoms with Crippen molar-refractivity contribution in [2.45, 2.75) is 38.9 Å². The van der Waals surface area contributed by atoms with E-state index in [-0.39, 0.29) is 5.82 Å². The summed E-state index contributed by atoms with van der Waals surface area (Å²) in [4.78, 5) is 4.55. The maximum atomic E-state index is 13.3. The molecule has 9 heteroatoms. The van der Waals surface area contributed by atoms with E-state index in [1.165, 1.54) is 24.3 Å². The number of hydrogen-bond acceptors (Lipinski definition) is 6. The van der Waals surface area contributed by atoms with E-state index in [2.05, 4.69) is 25.6 Å². The summed E-state index contributed by atoms with van der Waals surface area (Å²) in [5.41, 5.74) is -0.122. The van der Waals surface area contributed by atoms with Crippen molar-refractivity contribution < 1.29 is 14.6 Å². The first-order valence-electron chi connectivity index (χ1n) is 9.45. The minimum Gasteiger partial charge on any atom is -0.386 e. The lowest BCUT2D eigenvalue weighted by Gasteiger charge is -2.23. The van der Waals surface area contributed by atoms with Crippen LogP contribution >= 0.6 is 0 Å². The fourth-order valence-corrected chi connectivity index (χ4v) is 3.14. The number of anilines is 2. The van der Waals surface area contributed by atoms with Crippen LogP contribution < -0.4 is 5.32 Å². The van der Waals surface area contributed by atoms with Crippen LogP contribution in [0.1, 0.15) is 43.4 Å². The van der Waals surface area contributed by atoms with E-state index in [9.17, 15) is 14.6 Å². The standard InChI is InChI=1S/C21H23FN6O2/c1-12-9-17(26-25-12)23-18-16-10-14(20(2,3)29)11-28(16)27-19(24-18)21(4,30)13-5-7-15(22)8-6-13/h5-11,29-30H,1-4H3,(H2,23,24,25,26,27). The predicted octanol–water partition coefficient (Wildman–Crippen LogP) is 3.13. The van der Waals surface area contributed by atoms with Crippen molar-refractivity contribution in [3.8, 4) is 0 Å². The number of aryl methyl sites for hydroxylation is 1. The highest BCUT2D eigenvalue weighted by Crippen LogP contribution is 2.31. The average Bonchev–Trinajstić information content (AvgIpc) is 3.28. The fraction of sp³-hybridized carbons (Fsp3) is 0.286. The molecule has 156 valence electrons. The van der Waals surface area contributed by atoms with Crippen molar-refractivity contribution in [3.63, 3.8) is 0 Å². The fourth-order valence-electron chi connectivity index (χ4n) is 3.14. The van der Waals surface area contributed by atoms with E-state index in [4.69, 9.17) is 0 Å². The maximum Gasteiger partial charge on any atom is 0.187 e. The van der Waals surface area contributed by atoms with Gasteiger partial charge in [-0.05, 0) is 51.5 Å². The zero-order valence-corrected chi connectivity index (χ0v) is 17.1. The Bertz CT molecular complexity index is 1200. The Labute approximate surface area is 172 Å². The van der Waals surface area contributed by atoms with Gasteiger partial charge in [0.2, 0.25) is 0 Å². The van der Waals surface area contributed by atoms with E-state index in [0.717, 1.165) is 5.69 Å². The Balaban J connectivity index is 1.88. The van der Waals surface area contributed by atoms with Gasteiger partial charge in [-0.25, -0.2) is 13.9 Å². The number of nitrogens with zero attached hydrogens (tertiary/aromatic N) is 4. The van der Waals surface area contributed by atoms with Crippen molar-refractivity contribution in [1.82, 2.24) is 24.8 Å². The molecule has 0 fully saturated rings. The molecule has 0 saturated heterocycles. The summed E-state index contributed by atoms with van der Waals surface area (Å²) < 4.78 is 14.9. The molecule has 8 nitrogen and oxygen atoms in total. The van der Waals surface area contributed by atoms with Crippen LogP contribution in [0.3, 0.4) is 0 Å². The van der Waals surface area contributed by atoms with Crippen molar-refractivity contribution in [1.29, 1.82) is 0 Å². The van der Waals surface area contributed by atoms with Crippen LogP contribution in [0, 0.1) is 12.7 Å². The minimum absolute atomic E-state index is 0.106. The molecule has 0 saturated carbocycles. The molecule has 4 rings (SSSR count). The number of rotatable bonds is 5. The number of aliphatic hydroxyl groups is 2. The Morgan fingerprint density at radius 3 is 2.37 bits per heavy atom. The predicted molar refractivity (Wildman–Crippen MR) is 110 cm³/mol. The van der Waals surface area contributed by atoms with Crippen LogP contribution in [-0.4, -0.2) is 35.0 Å². The van der Waals surface area contributed by atoms with Gasteiger partial charge in [0.05, 0.1) is 5.60 Å². The second kappa shape index (κ2) is 6.89. The molecule has 30 heavy (non-hydrogen) atoms. The van der Waals surface area contributed by atoms with E-state index >= 15 is 0 Å². The molecule has 3 aromatic heterocycles. The highest BCUT2D eigenvalue weighted by Gasteiger charge is 2.31. The maximum absolute atomic E-state index is 13.3. The summed E-state index contributed by atoms with van der Waals surface area (Å²) in [6.07, 6.45) is 1.68. The average molecular weight is 410 g/mol. The molecule has 1 unspecified atom stereocenters. The SMILES string of the molecule is Cc1cc(Nc2nc(C(C)(O)c3ccc(F)cc3)nn3cc(C(C)(C)O)cc23)n[nH]1. The Kier molecular flexibility index (Phi) is 4.59. The van der Waals surface area contributed by atoms with Gasteiger partial charge in [0.1, 0.15) is 16.9 Å². The molecule has 0 aliphatic rings. The third-order valence-electron chi connectivity index (χ3n) is 4.96. The lowest BCUT2D eigenvalue weighted by Crippen LogP contribution is -2.27. The number of fused-ring (bicyclic) bond motifs is 1. The number of aromatic nitrogens is 5. The third kappa shape index (κ3) is 3.64. The van der Waals surface area contributed by atoms with E-state index in [1.807, 2.05) is 13.0 Å². The van der Waals surface area contributed by atoms with Gasteiger partial charge in [-0.2, -0.15) is 5.10 Å². The highest BCUT2D eigenvalue weighted by molar-refractivity contribution is 5.73. The minimum atomic E-state index is -1.58. The summed E-state index contributed by atoms with van der Waals surface area (Å²) in [5, 5.41) is 36.3. The van der Waals surface area contributed by atoms with Gasteiger partial charge >= 0.3 is 0 Å². The molecule has 0 amide bonds. The second-order valence-electron chi connectivity index (χ2n) is 8.04. The van der Waals surface area contributed by atoms with Crippen LogP contribution in [0.2, 0.25) is 0 Å².